The lowest BCUT2D eigenvalue weighted by Gasteiger charge is -2.12. The second-order valence-electron chi connectivity index (χ2n) is 4.02. The van der Waals surface area contributed by atoms with Crippen molar-refractivity contribution in [3.8, 4) is 0 Å². The fourth-order valence-corrected chi connectivity index (χ4v) is 1.91. The number of aromatic nitrogens is 4. The van der Waals surface area contributed by atoms with Gasteiger partial charge in [0.2, 0.25) is 11.9 Å². The number of nitrogens with two attached hydrogens (primary N) is 1. The van der Waals surface area contributed by atoms with Gasteiger partial charge in [-0.3, -0.25) is 15.3 Å². The molecule has 3 rings (SSSR count). The maximum absolute atomic E-state index is 11.1. The van der Waals surface area contributed by atoms with Crippen LogP contribution in [-0.2, 0) is 4.79 Å². The highest BCUT2D eigenvalue weighted by atomic mass is 16.1. The first-order valence-corrected chi connectivity index (χ1v) is 5.47. The van der Waals surface area contributed by atoms with Crippen molar-refractivity contribution in [2.45, 2.75) is 12.5 Å². The number of fused-ring (bicyclic) bond motifs is 1. The van der Waals surface area contributed by atoms with E-state index in [4.69, 9.17) is 5.84 Å². The minimum Gasteiger partial charge on any atom is -0.364 e. The smallest absolute Gasteiger partial charge is 0.241 e. The summed E-state index contributed by atoms with van der Waals surface area (Å²) in [6, 6.07) is 0.0103. The monoisotopic (exact) mass is 248 g/mol. The molecule has 1 saturated heterocycles. The molecule has 94 valence electrons. The highest BCUT2D eigenvalue weighted by molar-refractivity contribution is 5.88. The van der Waals surface area contributed by atoms with Crippen molar-refractivity contribution in [3.05, 3.63) is 6.20 Å². The molecule has 0 bridgehead atoms. The van der Waals surface area contributed by atoms with Crippen molar-refractivity contribution in [2.24, 2.45) is 5.84 Å². The van der Waals surface area contributed by atoms with Gasteiger partial charge in [0.15, 0.2) is 5.65 Å². The first-order chi connectivity index (χ1) is 8.76. The first-order valence-electron chi connectivity index (χ1n) is 5.47. The predicted octanol–water partition coefficient (Wildman–Crippen LogP) is -1.06. The van der Waals surface area contributed by atoms with E-state index in [-0.39, 0.29) is 17.9 Å². The van der Waals surface area contributed by atoms with E-state index in [1.165, 1.54) is 0 Å². The predicted molar refractivity (Wildman–Crippen MR) is 64.5 cm³/mol. The molecule has 2 aromatic heterocycles. The number of aromatic amines is 1. The molecule has 2 aromatic rings. The molecule has 3 heterocycles. The second-order valence-corrected chi connectivity index (χ2v) is 4.02. The van der Waals surface area contributed by atoms with Gasteiger partial charge in [-0.1, -0.05) is 0 Å². The number of hydrazine groups is 1. The Morgan fingerprint density at radius 1 is 1.44 bits per heavy atom. The third-order valence-electron chi connectivity index (χ3n) is 2.76. The first kappa shape index (κ1) is 10.7. The quantitative estimate of drug-likeness (QED) is 0.345. The van der Waals surface area contributed by atoms with E-state index < -0.39 is 0 Å². The van der Waals surface area contributed by atoms with E-state index in [9.17, 15) is 4.79 Å². The van der Waals surface area contributed by atoms with Gasteiger partial charge in [-0.2, -0.15) is 15.1 Å². The van der Waals surface area contributed by atoms with Crippen LogP contribution in [0.4, 0.5) is 11.8 Å². The number of carbonyl (C=O) groups excluding carboxylic acids is 1. The summed E-state index contributed by atoms with van der Waals surface area (Å²) in [6.07, 6.45) is 2.05. The molecule has 1 unspecified atom stereocenters. The molecule has 9 nitrogen and oxygen atoms in total. The van der Waals surface area contributed by atoms with E-state index >= 15 is 0 Å². The normalized spacial score (nSPS) is 18.9. The van der Waals surface area contributed by atoms with Gasteiger partial charge in [0.05, 0.1) is 17.6 Å². The number of nitrogens with one attached hydrogen (secondary N) is 4. The average molecular weight is 248 g/mol. The van der Waals surface area contributed by atoms with Crippen LogP contribution in [0, 0.1) is 0 Å². The Bertz CT molecular complexity index is 593. The molecule has 1 amide bonds. The second kappa shape index (κ2) is 4.11. The minimum atomic E-state index is 0.0103. The molecule has 0 aliphatic carbocycles. The van der Waals surface area contributed by atoms with Gasteiger partial charge in [0, 0.05) is 13.0 Å². The summed E-state index contributed by atoms with van der Waals surface area (Å²) in [7, 11) is 0. The highest BCUT2D eigenvalue weighted by Crippen LogP contribution is 2.21. The van der Waals surface area contributed by atoms with Gasteiger partial charge in [-0.05, 0) is 0 Å². The Labute approximate surface area is 102 Å². The Morgan fingerprint density at radius 2 is 2.33 bits per heavy atom. The van der Waals surface area contributed by atoms with Gasteiger partial charge < -0.3 is 10.6 Å². The summed E-state index contributed by atoms with van der Waals surface area (Å²) >= 11 is 0. The van der Waals surface area contributed by atoms with E-state index in [1.54, 1.807) is 6.20 Å². The van der Waals surface area contributed by atoms with Crippen molar-refractivity contribution in [1.29, 1.82) is 0 Å². The van der Waals surface area contributed by atoms with Crippen LogP contribution in [0.25, 0.3) is 11.0 Å². The summed E-state index contributed by atoms with van der Waals surface area (Å²) in [5.74, 6) is 6.22. The zero-order chi connectivity index (χ0) is 12.5. The zero-order valence-corrected chi connectivity index (χ0v) is 9.40. The van der Waals surface area contributed by atoms with Crippen LogP contribution >= 0.6 is 0 Å². The number of hydrogen-bond donors (Lipinski definition) is 5. The molecule has 18 heavy (non-hydrogen) atoms. The molecule has 6 N–H and O–H groups in total. The van der Waals surface area contributed by atoms with Crippen LogP contribution < -0.4 is 21.9 Å². The highest BCUT2D eigenvalue weighted by Gasteiger charge is 2.22. The van der Waals surface area contributed by atoms with E-state index in [2.05, 4.69) is 36.2 Å². The van der Waals surface area contributed by atoms with Crippen LogP contribution in [0.3, 0.4) is 0 Å². The number of nitrogen functional groups attached to an aromatic ring is 1. The van der Waals surface area contributed by atoms with E-state index in [0.717, 1.165) is 5.39 Å². The molecule has 1 atom stereocenters. The molecule has 0 radical (unpaired) electrons. The van der Waals surface area contributed by atoms with Gasteiger partial charge in [-0.15, -0.1) is 0 Å². The molecular weight excluding hydrogens is 236 g/mol. The van der Waals surface area contributed by atoms with Crippen LogP contribution in [-0.4, -0.2) is 38.7 Å². The lowest BCUT2D eigenvalue weighted by Crippen LogP contribution is -2.23. The lowest BCUT2D eigenvalue weighted by atomic mass is 10.2. The number of H-pyrrole nitrogens is 1. The molecule has 0 aromatic carbocycles. The Balaban J connectivity index is 1.94. The number of anilines is 2. The Hall–Kier alpha value is -2.42. The minimum absolute atomic E-state index is 0.0103. The molecular formula is C9H12N8O. The van der Waals surface area contributed by atoms with Crippen molar-refractivity contribution in [1.82, 2.24) is 25.5 Å². The van der Waals surface area contributed by atoms with Gasteiger partial charge in [0.1, 0.15) is 5.82 Å². The fraction of sp³-hybridized carbons (Fsp3) is 0.333. The van der Waals surface area contributed by atoms with Gasteiger partial charge in [0.25, 0.3) is 0 Å². The zero-order valence-electron chi connectivity index (χ0n) is 9.40. The maximum Gasteiger partial charge on any atom is 0.241 e. The SMILES string of the molecule is NNc1nc(NC2CNC(=O)C2)c2cn[nH]c2n1. The van der Waals surface area contributed by atoms with Crippen molar-refractivity contribution in [2.75, 3.05) is 17.3 Å². The van der Waals surface area contributed by atoms with Crippen molar-refractivity contribution in [3.63, 3.8) is 0 Å². The molecule has 9 heteroatoms. The van der Waals surface area contributed by atoms with Crippen LogP contribution in [0.15, 0.2) is 6.20 Å². The average Bonchev–Trinajstić information content (AvgIpc) is 2.98. The van der Waals surface area contributed by atoms with Crippen LogP contribution in [0.1, 0.15) is 6.42 Å². The molecule has 1 fully saturated rings. The summed E-state index contributed by atoms with van der Waals surface area (Å²) in [5, 5.41) is 13.4. The van der Waals surface area contributed by atoms with Crippen molar-refractivity contribution >= 4 is 28.7 Å². The number of nitrogens with zero attached hydrogens (tertiary/aromatic N) is 3. The third-order valence-corrected chi connectivity index (χ3v) is 2.76. The summed E-state index contributed by atoms with van der Waals surface area (Å²) in [4.78, 5) is 19.5. The fourth-order valence-electron chi connectivity index (χ4n) is 1.91. The van der Waals surface area contributed by atoms with E-state index in [1.807, 2.05) is 0 Å². The van der Waals surface area contributed by atoms with E-state index in [0.29, 0.717) is 24.4 Å². The summed E-state index contributed by atoms with van der Waals surface area (Å²) in [6.45, 7) is 0.577. The number of amides is 1. The molecule has 0 spiro atoms. The summed E-state index contributed by atoms with van der Waals surface area (Å²) < 4.78 is 0. The third kappa shape index (κ3) is 1.80. The van der Waals surface area contributed by atoms with Gasteiger partial charge >= 0.3 is 0 Å². The summed E-state index contributed by atoms with van der Waals surface area (Å²) in [5.41, 5.74) is 2.97. The van der Waals surface area contributed by atoms with Gasteiger partial charge in [-0.25, -0.2) is 5.84 Å². The van der Waals surface area contributed by atoms with Crippen molar-refractivity contribution < 1.29 is 4.79 Å². The number of carbonyl (C=O) groups is 1. The number of hydrogen-bond acceptors (Lipinski definition) is 7. The lowest BCUT2D eigenvalue weighted by molar-refractivity contribution is -0.119. The molecule has 1 aliphatic heterocycles. The molecule has 1 aliphatic rings. The largest absolute Gasteiger partial charge is 0.364 e. The Kier molecular flexibility index (Phi) is 2.45. The topological polar surface area (TPSA) is 134 Å². The number of rotatable bonds is 3. The maximum atomic E-state index is 11.1. The van der Waals surface area contributed by atoms with Crippen LogP contribution in [0.2, 0.25) is 0 Å². The van der Waals surface area contributed by atoms with Crippen LogP contribution in [0.5, 0.6) is 0 Å². The molecule has 0 saturated carbocycles. The standard InChI is InChI=1S/C9H12N8O/c10-16-9-14-7(5-3-12-17-8(5)15-9)13-4-1-6(18)11-2-4/h3-4H,1-2,10H2,(H,11,18)(H3,12,13,14,15,16,17). The Morgan fingerprint density at radius 3 is 3.06 bits per heavy atom.